The molecule has 3 heterocycles. The highest BCUT2D eigenvalue weighted by Crippen LogP contribution is 2.31. The van der Waals surface area contributed by atoms with E-state index in [0.29, 0.717) is 0 Å². The third-order valence-corrected chi connectivity index (χ3v) is 4.02. The molecular formula is C16H21N5O. The number of pyridine rings is 1. The number of urea groups is 1. The lowest BCUT2D eigenvalue weighted by Gasteiger charge is -2.27. The van der Waals surface area contributed by atoms with E-state index < -0.39 is 0 Å². The fraction of sp³-hybridized carbons (Fsp3) is 0.438. The normalized spacial score (nSPS) is 19.1. The summed E-state index contributed by atoms with van der Waals surface area (Å²) in [6, 6.07) is 4.20. The number of carbonyl (C=O) groups excluding carboxylic acids is 1. The minimum Gasteiger partial charge on any atom is -0.335 e. The van der Waals surface area contributed by atoms with Gasteiger partial charge in [-0.2, -0.15) is 0 Å². The molecule has 0 aliphatic carbocycles. The van der Waals surface area contributed by atoms with Gasteiger partial charge in [0.05, 0.1) is 12.4 Å². The first-order valence-corrected chi connectivity index (χ1v) is 7.67. The topological polar surface area (TPSA) is 63.1 Å². The molecule has 0 saturated carbocycles. The maximum Gasteiger partial charge on any atom is 0.318 e. The predicted octanol–water partition coefficient (Wildman–Crippen LogP) is 2.21. The molecule has 2 aromatic heterocycles. The highest BCUT2D eigenvalue weighted by Gasteiger charge is 2.30. The number of aromatic nitrogens is 3. The first-order chi connectivity index (χ1) is 10.7. The second-order valence-electron chi connectivity index (χ2n) is 5.74. The molecule has 6 heteroatoms. The molecule has 0 aromatic carbocycles. The molecule has 2 amide bonds. The molecule has 1 aliphatic rings. The van der Waals surface area contributed by atoms with Crippen LogP contribution in [0, 0.1) is 0 Å². The second kappa shape index (κ2) is 6.60. The van der Waals surface area contributed by atoms with Gasteiger partial charge in [-0.1, -0.05) is 0 Å². The Labute approximate surface area is 130 Å². The van der Waals surface area contributed by atoms with Crippen molar-refractivity contribution in [3.05, 3.63) is 48.8 Å². The van der Waals surface area contributed by atoms with E-state index in [0.717, 1.165) is 31.5 Å². The fourth-order valence-corrected chi connectivity index (χ4v) is 2.99. The molecule has 0 bridgehead atoms. The van der Waals surface area contributed by atoms with Crippen LogP contribution in [0.15, 0.2) is 43.2 Å². The van der Waals surface area contributed by atoms with Gasteiger partial charge in [0.25, 0.3) is 0 Å². The molecule has 22 heavy (non-hydrogen) atoms. The van der Waals surface area contributed by atoms with Crippen LogP contribution in [0.3, 0.4) is 0 Å². The van der Waals surface area contributed by atoms with Crippen molar-refractivity contribution in [1.82, 2.24) is 24.8 Å². The van der Waals surface area contributed by atoms with Crippen molar-refractivity contribution in [1.29, 1.82) is 0 Å². The summed E-state index contributed by atoms with van der Waals surface area (Å²) in [5, 5.41) is 3.08. The second-order valence-corrected chi connectivity index (χ2v) is 5.74. The molecule has 1 aliphatic heterocycles. The summed E-state index contributed by atoms with van der Waals surface area (Å²) in [7, 11) is 0. The van der Waals surface area contributed by atoms with Crippen molar-refractivity contribution < 1.29 is 4.79 Å². The number of imidazole rings is 1. The average Bonchev–Trinajstić information content (AvgIpc) is 3.18. The Bertz CT molecular complexity index is 598. The van der Waals surface area contributed by atoms with Crippen LogP contribution in [0.4, 0.5) is 4.79 Å². The molecule has 1 saturated heterocycles. The van der Waals surface area contributed by atoms with Crippen LogP contribution in [0.25, 0.3) is 0 Å². The Kier molecular flexibility index (Phi) is 4.37. The molecule has 0 radical (unpaired) electrons. The van der Waals surface area contributed by atoms with Crippen molar-refractivity contribution in [2.75, 3.05) is 6.54 Å². The van der Waals surface area contributed by atoms with E-state index in [4.69, 9.17) is 0 Å². The molecule has 3 rings (SSSR count). The van der Waals surface area contributed by atoms with Gasteiger partial charge in [0, 0.05) is 43.9 Å². The minimum absolute atomic E-state index is 0.00641. The highest BCUT2D eigenvalue weighted by atomic mass is 16.2. The van der Waals surface area contributed by atoms with E-state index in [-0.39, 0.29) is 18.1 Å². The number of amides is 2. The van der Waals surface area contributed by atoms with Crippen LogP contribution in [0.2, 0.25) is 0 Å². The van der Waals surface area contributed by atoms with Gasteiger partial charge in [0.15, 0.2) is 0 Å². The van der Waals surface area contributed by atoms with Crippen molar-refractivity contribution in [3.63, 3.8) is 0 Å². The fourth-order valence-electron chi connectivity index (χ4n) is 2.99. The van der Waals surface area contributed by atoms with E-state index in [1.54, 1.807) is 24.9 Å². The number of nitrogens with one attached hydrogen (secondary N) is 1. The Morgan fingerprint density at radius 1 is 1.36 bits per heavy atom. The number of hydrogen-bond donors (Lipinski definition) is 1. The minimum atomic E-state index is 0.00641. The lowest BCUT2D eigenvalue weighted by atomic mass is 10.1. The number of nitrogens with zero attached hydrogens (tertiary/aromatic N) is 4. The maximum absolute atomic E-state index is 12.5. The van der Waals surface area contributed by atoms with Crippen LogP contribution in [-0.2, 0) is 6.54 Å². The van der Waals surface area contributed by atoms with E-state index in [9.17, 15) is 4.79 Å². The van der Waals surface area contributed by atoms with Gasteiger partial charge in [-0.3, -0.25) is 4.98 Å². The van der Waals surface area contributed by atoms with Gasteiger partial charge in [0.1, 0.15) is 0 Å². The summed E-state index contributed by atoms with van der Waals surface area (Å²) in [5.74, 6) is 0. The third-order valence-electron chi connectivity index (χ3n) is 4.02. The highest BCUT2D eigenvalue weighted by molar-refractivity contribution is 5.75. The van der Waals surface area contributed by atoms with Crippen LogP contribution >= 0.6 is 0 Å². The smallest absolute Gasteiger partial charge is 0.318 e. The van der Waals surface area contributed by atoms with Crippen molar-refractivity contribution in [2.24, 2.45) is 0 Å². The van der Waals surface area contributed by atoms with Gasteiger partial charge in [-0.05, 0) is 37.5 Å². The van der Waals surface area contributed by atoms with Crippen molar-refractivity contribution >= 4 is 6.03 Å². The van der Waals surface area contributed by atoms with E-state index >= 15 is 0 Å². The van der Waals surface area contributed by atoms with Gasteiger partial charge in [-0.15, -0.1) is 0 Å². The van der Waals surface area contributed by atoms with Gasteiger partial charge < -0.3 is 14.8 Å². The zero-order chi connectivity index (χ0) is 15.4. The summed E-state index contributed by atoms with van der Waals surface area (Å²) in [6.07, 6.45) is 11.0. The van der Waals surface area contributed by atoms with Crippen LogP contribution < -0.4 is 5.32 Å². The number of likely N-dealkylation sites (tertiary alicyclic amines) is 1. The Morgan fingerprint density at radius 3 is 2.91 bits per heavy atom. The van der Waals surface area contributed by atoms with E-state index in [1.165, 1.54) is 0 Å². The van der Waals surface area contributed by atoms with Crippen molar-refractivity contribution in [3.8, 4) is 0 Å². The molecule has 116 valence electrons. The monoisotopic (exact) mass is 299 g/mol. The number of carbonyl (C=O) groups is 1. The molecule has 1 fully saturated rings. The first-order valence-electron chi connectivity index (χ1n) is 7.67. The van der Waals surface area contributed by atoms with E-state index in [2.05, 4.69) is 15.3 Å². The lowest BCUT2D eigenvalue weighted by Crippen LogP contribution is -2.44. The lowest BCUT2D eigenvalue weighted by molar-refractivity contribution is 0.188. The molecule has 2 atom stereocenters. The molecule has 1 N–H and O–H groups in total. The average molecular weight is 299 g/mol. The molecule has 6 nitrogen and oxygen atoms in total. The molecular weight excluding hydrogens is 278 g/mol. The summed E-state index contributed by atoms with van der Waals surface area (Å²) in [5.41, 5.74) is 1.16. The van der Waals surface area contributed by atoms with Gasteiger partial charge in [-0.25, -0.2) is 9.78 Å². The summed E-state index contributed by atoms with van der Waals surface area (Å²) in [6.45, 7) is 3.53. The Balaban J connectivity index is 1.61. The summed E-state index contributed by atoms with van der Waals surface area (Å²) >= 11 is 0. The number of rotatable bonds is 4. The van der Waals surface area contributed by atoms with Crippen LogP contribution in [0.5, 0.6) is 0 Å². The zero-order valence-corrected chi connectivity index (χ0v) is 12.7. The van der Waals surface area contributed by atoms with E-state index in [1.807, 2.05) is 34.7 Å². The molecule has 0 spiro atoms. The quantitative estimate of drug-likeness (QED) is 0.941. The maximum atomic E-state index is 12.5. The molecule has 2 unspecified atom stereocenters. The van der Waals surface area contributed by atoms with Crippen LogP contribution in [0.1, 0.15) is 31.4 Å². The standard InChI is InChI=1S/C16H21N5O/c1-13(11-20-10-8-18-12-20)19-16(22)21-9-2-3-15(21)14-4-6-17-7-5-14/h4-8,10,12-13,15H,2-3,9,11H2,1H3,(H,19,22). The summed E-state index contributed by atoms with van der Waals surface area (Å²) < 4.78 is 1.97. The van der Waals surface area contributed by atoms with Crippen molar-refractivity contribution in [2.45, 2.75) is 38.4 Å². The first kappa shape index (κ1) is 14.6. The predicted molar refractivity (Wildman–Crippen MR) is 83.1 cm³/mol. The van der Waals surface area contributed by atoms with Gasteiger partial charge >= 0.3 is 6.03 Å². The largest absolute Gasteiger partial charge is 0.335 e. The third kappa shape index (κ3) is 3.27. The summed E-state index contributed by atoms with van der Waals surface area (Å²) in [4.78, 5) is 22.5. The number of hydrogen-bond acceptors (Lipinski definition) is 3. The van der Waals surface area contributed by atoms with Crippen LogP contribution in [-0.4, -0.2) is 38.1 Å². The Morgan fingerprint density at radius 2 is 2.18 bits per heavy atom. The molecule has 2 aromatic rings. The van der Waals surface area contributed by atoms with Gasteiger partial charge in [0.2, 0.25) is 0 Å². The Hall–Kier alpha value is -2.37. The SMILES string of the molecule is CC(Cn1ccnc1)NC(=O)N1CCCC1c1ccncc1. The zero-order valence-electron chi connectivity index (χ0n) is 12.7.